The monoisotopic (exact) mass is 439 g/mol. The zero-order chi connectivity index (χ0) is 22.1. The van der Waals surface area contributed by atoms with Gasteiger partial charge in [0.05, 0.1) is 16.8 Å². The van der Waals surface area contributed by atoms with Gasteiger partial charge in [0, 0.05) is 5.56 Å². The van der Waals surface area contributed by atoms with E-state index in [1.54, 1.807) is 11.8 Å². The number of fused-ring (bicyclic) bond motifs is 1. The maximum Gasteiger partial charge on any atom is 0.295 e. The van der Waals surface area contributed by atoms with Crippen LogP contribution in [0.15, 0.2) is 89.7 Å². The number of hydrogen-bond donors (Lipinski definition) is 0. The predicted octanol–water partition coefficient (Wildman–Crippen LogP) is 5.47. The maximum absolute atomic E-state index is 13.6. The Hall–Kier alpha value is -3.77. The third-order valence-electron chi connectivity index (χ3n) is 5.41. The fraction of sp³-hybridized carbons (Fsp3) is 0.115. The first-order chi connectivity index (χ1) is 15.7. The average Bonchev–Trinajstić information content (AvgIpc) is 3.24. The summed E-state index contributed by atoms with van der Waals surface area (Å²) in [6.45, 7) is 1.91. The smallest absolute Gasteiger partial charge is 0.295 e. The number of rotatable bonds is 5. The van der Waals surface area contributed by atoms with Gasteiger partial charge >= 0.3 is 0 Å². The van der Waals surface area contributed by atoms with Crippen molar-refractivity contribution in [1.82, 2.24) is 14.8 Å². The summed E-state index contributed by atoms with van der Waals surface area (Å²) in [5, 5.41) is 5.76. The Morgan fingerprint density at radius 2 is 1.47 bits per heavy atom. The van der Waals surface area contributed by atoms with Gasteiger partial charge in [-0.05, 0) is 42.3 Å². The fourth-order valence-electron chi connectivity index (χ4n) is 3.90. The molecule has 5 rings (SSSR count). The molecule has 0 radical (unpaired) electrons. The highest BCUT2D eigenvalue weighted by molar-refractivity contribution is 7.19. The molecule has 5 aromatic rings. The van der Waals surface area contributed by atoms with Crippen LogP contribution in [0, 0.1) is 6.92 Å². The number of aromatic nitrogens is 3. The molecule has 0 aliphatic carbocycles. The molecule has 158 valence electrons. The second-order valence-corrected chi connectivity index (χ2v) is 8.66. The lowest BCUT2D eigenvalue weighted by molar-refractivity contribution is 0.415. The van der Waals surface area contributed by atoms with Crippen molar-refractivity contribution in [2.75, 3.05) is 7.11 Å². The first kappa shape index (κ1) is 20.2. The van der Waals surface area contributed by atoms with Crippen LogP contribution in [0.2, 0.25) is 0 Å². The highest BCUT2D eigenvalue weighted by Gasteiger charge is 2.23. The Kier molecular flexibility index (Phi) is 5.29. The molecule has 2 heterocycles. The third kappa shape index (κ3) is 3.59. The van der Waals surface area contributed by atoms with Crippen LogP contribution < -0.4 is 10.3 Å². The molecule has 0 unspecified atom stereocenters. The standard InChI is InChI=1S/C26H21N3O2S/c1-17-27-23-25(32-17)22(18-13-15-21(31-2)16-14-18)28-29(26(23)30)24(19-9-5-3-6-10-19)20-11-7-4-8-12-20/h3-16,24H,1-2H3. The van der Waals surface area contributed by atoms with Crippen molar-refractivity contribution in [3.63, 3.8) is 0 Å². The second-order valence-electron chi connectivity index (χ2n) is 7.46. The minimum atomic E-state index is -0.367. The Balaban J connectivity index is 1.81. The van der Waals surface area contributed by atoms with Crippen molar-refractivity contribution < 1.29 is 4.74 Å². The van der Waals surface area contributed by atoms with Crippen LogP contribution >= 0.6 is 11.3 Å². The molecule has 0 aliphatic heterocycles. The highest BCUT2D eigenvalue weighted by atomic mass is 32.1. The van der Waals surface area contributed by atoms with Gasteiger partial charge in [-0.2, -0.15) is 5.10 Å². The minimum Gasteiger partial charge on any atom is -0.497 e. The number of aryl methyl sites for hydroxylation is 1. The average molecular weight is 440 g/mol. The van der Waals surface area contributed by atoms with Gasteiger partial charge in [-0.25, -0.2) is 9.67 Å². The van der Waals surface area contributed by atoms with E-state index in [9.17, 15) is 4.79 Å². The molecule has 3 aromatic carbocycles. The van der Waals surface area contributed by atoms with E-state index in [1.807, 2.05) is 91.9 Å². The molecule has 0 spiro atoms. The first-order valence-corrected chi connectivity index (χ1v) is 11.1. The van der Waals surface area contributed by atoms with E-state index in [0.717, 1.165) is 37.8 Å². The molecule has 0 bridgehead atoms. The molecule has 0 amide bonds. The Morgan fingerprint density at radius 1 is 0.875 bits per heavy atom. The van der Waals surface area contributed by atoms with Crippen molar-refractivity contribution in [1.29, 1.82) is 0 Å². The van der Waals surface area contributed by atoms with E-state index >= 15 is 0 Å². The highest BCUT2D eigenvalue weighted by Crippen LogP contribution is 2.32. The van der Waals surface area contributed by atoms with Crippen LogP contribution in [0.4, 0.5) is 0 Å². The first-order valence-electron chi connectivity index (χ1n) is 10.3. The molecule has 0 aliphatic rings. The molecule has 32 heavy (non-hydrogen) atoms. The molecule has 0 fully saturated rings. The maximum atomic E-state index is 13.6. The van der Waals surface area contributed by atoms with Gasteiger partial charge in [0.15, 0.2) is 5.52 Å². The van der Waals surface area contributed by atoms with Gasteiger partial charge in [0.1, 0.15) is 17.5 Å². The molecule has 0 saturated heterocycles. The van der Waals surface area contributed by atoms with Crippen LogP contribution in [-0.2, 0) is 0 Å². The van der Waals surface area contributed by atoms with Gasteiger partial charge in [-0.15, -0.1) is 11.3 Å². The Bertz CT molecular complexity index is 1390. The molecule has 0 saturated carbocycles. The number of nitrogens with zero attached hydrogens (tertiary/aromatic N) is 3. The van der Waals surface area contributed by atoms with Crippen LogP contribution in [0.25, 0.3) is 21.5 Å². The summed E-state index contributed by atoms with van der Waals surface area (Å²) in [6, 6.07) is 27.3. The molecule has 2 aromatic heterocycles. The number of hydrogen-bond acceptors (Lipinski definition) is 5. The summed E-state index contributed by atoms with van der Waals surface area (Å²) in [6.07, 6.45) is 0. The molecular formula is C26H21N3O2S. The van der Waals surface area contributed by atoms with Crippen LogP contribution in [0.3, 0.4) is 0 Å². The van der Waals surface area contributed by atoms with Crippen LogP contribution in [-0.4, -0.2) is 21.9 Å². The van der Waals surface area contributed by atoms with Gasteiger partial charge in [-0.3, -0.25) is 4.79 Å². The van der Waals surface area contributed by atoms with Gasteiger partial charge < -0.3 is 4.74 Å². The normalized spacial score (nSPS) is 11.2. The summed E-state index contributed by atoms with van der Waals surface area (Å²) in [5.74, 6) is 0.769. The van der Waals surface area contributed by atoms with Crippen molar-refractivity contribution in [3.05, 3.63) is 111 Å². The summed E-state index contributed by atoms with van der Waals surface area (Å²) in [7, 11) is 1.64. The molecule has 0 atom stereocenters. The lowest BCUT2D eigenvalue weighted by Gasteiger charge is -2.21. The summed E-state index contributed by atoms with van der Waals surface area (Å²) < 4.78 is 7.68. The Labute approximate surface area is 189 Å². The minimum absolute atomic E-state index is 0.195. The van der Waals surface area contributed by atoms with Gasteiger partial charge in [-0.1, -0.05) is 60.7 Å². The third-order valence-corrected chi connectivity index (χ3v) is 6.38. The van der Waals surface area contributed by atoms with Crippen LogP contribution in [0.1, 0.15) is 22.2 Å². The molecule has 6 heteroatoms. The van der Waals surface area contributed by atoms with E-state index in [0.29, 0.717) is 5.52 Å². The SMILES string of the molecule is COc1ccc(-c2nn(C(c3ccccc3)c3ccccc3)c(=O)c3nc(C)sc23)cc1. The number of benzene rings is 3. The van der Waals surface area contributed by atoms with E-state index in [4.69, 9.17) is 9.84 Å². The molecule has 0 N–H and O–H groups in total. The van der Waals surface area contributed by atoms with Gasteiger partial charge in [0.2, 0.25) is 0 Å². The second kappa shape index (κ2) is 8.40. The van der Waals surface area contributed by atoms with Gasteiger partial charge in [0.25, 0.3) is 5.56 Å². The predicted molar refractivity (Wildman–Crippen MR) is 129 cm³/mol. The number of thiazole rings is 1. The van der Waals surface area contributed by atoms with E-state index in [2.05, 4.69) is 4.98 Å². The van der Waals surface area contributed by atoms with E-state index < -0.39 is 0 Å². The lowest BCUT2D eigenvalue weighted by Crippen LogP contribution is -2.29. The zero-order valence-electron chi connectivity index (χ0n) is 17.7. The Morgan fingerprint density at radius 3 is 2.03 bits per heavy atom. The molecular weight excluding hydrogens is 418 g/mol. The van der Waals surface area contributed by atoms with E-state index in [1.165, 1.54) is 11.3 Å². The van der Waals surface area contributed by atoms with E-state index in [-0.39, 0.29) is 11.6 Å². The fourth-order valence-corrected chi connectivity index (χ4v) is 4.82. The van der Waals surface area contributed by atoms with Crippen LogP contribution in [0.5, 0.6) is 5.75 Å². The lowest BCUT2D eigenvalue weighted by atomic mass is 9.99. The quantitative estimate of drug-likeness (QED) is 0.364. The summed E-state index contributed by atoms with van der Waals surface area (Å²) >= 11 is 1.49. The van der Waals surface area contributed by atoms with Crippen molar-refractivity contribution in [2.24, 2.45) is 0 Å². The topological polar surface area (TPSA) is 57.0 Å². The van der Waals surface area contributed by atoms with Crippen molar-refractivity contribution in [2.45, 2.75) is 13.0 Å². The largest absolute Gasteiger partial charge is 0.497 e. The van der Waals surface area contributed by atoms with Crippen molar-refractivity contribution in [3.8, 4) is 17.0 Å². The summed E-state index contributed by atoms with van der Waals surface area (Å²) in [5.41, 5.74) is 3.88. The number of ether oxygens (including phenoxy) is 1. The molecule has 5 nitrogen and oxygen atoms in total. The zero-order valence-corrected chi connectivity index (χ0v) is 18.5. The number of methoxy groups -OCH3 is 1. The summed E-state index contributed by atoms with van der Waals surface area (Å²) in [4.78, 5) is 18.2. The van der Waals surface area contributed by atoms with Crippen molar-refractivity contribution >= 4 is 21.6 Å².